The van der Waals surface area contributed by atoms with Crippen molar-refractivity contribution in [2.24, 2.45) is 11.1 Å². The summed E-state index contributed by atoms with van der Waals surface area (Å²) in [6.07, 6.45) is 0.148. The second-order valence-electron chi connectivity index (χ2n) is 2.73. The Hall–Kier alpha value is 0.290. The average Bonchev–Trinajstić information content (AvgIpc) is 2.08. The van der Waals surface area contributed by atoms with Gasteiger partial charge in [0.25, 0.3) is 0 Å². The molecule has 0 bridgehead atoms. The molecule has 1 unspecified atom stereocenters. The smallest absolute Gasteiger partial charge is 0.404 e. The Morgan fingerprint density at radius 1 is 1.75 bits per heavy atom. The van der Waals surface area contributed by atoms with Gasteiger partial charge in [-0.1, -0.05) is 29.5 Å². The number of rotatable bonds is 5. The topological polar surface area (TPSA) is 52.3 Å². The van der Waals surface area contributed by atoms with Gasteiger partial charge in [-0.3, -0.25) is 0 Å². The van der Waals surface area contributed by atoms with Gasteiger partial charge in [-0.2, -0.15) is 0 Å². The molecule has 0 rings (SSSR count). The SMILES string of the molecule is CCC(CCl)(CI)COC(N)=O. The van der Waals surface area contributed by atoms with Gasteiger partial charge >= 0.3 is 6.09 Å². The first-order valence-corrected chi connectivity index (χ1v) is 5.70. The highest BCUT2D eigenvalue weighted by molar-refractivity contribution is 14.1. The summed E-state index contributed by atoms with van der Waals surface area (Å²) in [5.41, 5.74) is 4.74. The summed E-state index contributed by atoms with van der Waals surface area (Å²) in [4.78, 5) is 10.3. The van der Waals surface area contributed by atoms with Gasteiger partial charge < -0.3 is 10.5 Å². The van der Waals surface area contributed by atoms with Crippen molar-refractivity contribution < 1.29 is 9.53 Å². The van der Waals surface area contributed by atoms with Crippen LogP contribution in [0, 0.1) is 5.41 Å². The van der Waals surface area contributed by atoms with Crippen LogP contribution < -0.4 is 5.73 Å². The van der Waals surface area contributed by atoms with E-state index in [1.165, 1.54) is 0 Å². The summed E-state index contributed by atoms with van der Waals surface area (Å²) >= 11 is 8.00. The van der Waals surface area contributed by atoms with Crippen LogP contribution in [0.5, 0.6) is 0 Å². The van der Waals surface area contributed by atoms with E-state index in [4.69, 9.17) is 22.1 Å². The largest absolute Gasteiger partial charge is 0.449 e. The molecule has 0 saturated heterocycles. The van der Waals surface area contributed by atoms with E-state index in [1.54, 1.807) is 0 Å². The Bertz CT molecular complexity index is 142. The van der Waals surface area contributed by atoms with Gasteiger partial charge in [-0.05, 0) is 6.42 Å². The van der Waals surface area contributed by atoms with Crippen molar-refractivity contribution in [3.8, 4) is 0 Å². The highest BCUT2D eigenvalue weighted by Crippen LogP contribution is 2.26. The molecule has 0 fully saturated rings. The molecule has 0 radical (unpaired) electrons. The van der Waals surface area contributed by atoms with Crippen LogP contribution >= 0.6 is 34.2 Å². The van der Waals surface area contributed by atoms with E-state index in [0.717, 1.165) is 10.8 Å². The number of alkyl halides is 2. The molecule has 0 spiro atoms. The number of amides is 1. The van der Waals surface area contributed by atoms with Gasteiger partial charge in [0.2, 0.25) is 0 Å². The Morgan fingerprint density at radius 2 is 2.33 bits per heavy atom. The lowest BCUT2D eigenvalue weighted by molar-refractivity contribution is 0.110. The third-order valence-corrected chi connectivity index (χ3v) is 4.02. The molecule has 0 aliphatic rings. The van der Waals surface area contributed by atoms with Crippen molar-refractivity contribution in [1.82, 2.24) is 0 Å². The maximum absolute atomic E-state index is 10.3. The second-order valence-corrected chi connectivity index (χ2v) is 3.76. The Balaban J connectivity index is 4.01. The molecule has 0 aromatic heterocycles. The Morgan fingerprint density at radius 3 is 2.58 bits per heavy atom. The first kappa shape index (κ1) is 12.3. The van der Waals surface area contributed by atoms with Gasteiger partial charge in [0.1, 0.15) is 6.61 Å². The fourth-order valence-corrected chi connectivity index (χ4v) is 2.34. The molecule has 0 aliphatic carbocycles. The van der Waals surface area contributed by atoms with E-state index in [0.29, 0.717) is 12.5 Å². The van der Waals surface area contributed by atoms with Gasteiger partial charge in [0.05, 0.1) is 0 Å². The summed E-state index contributed by atoms with van der Waals surface area (Å²) in [6.45, 7) is 2.33. The summed E-state index contributed by atoms with van der Waals surface area (Å²) in [6, 6.07) is 0. The van der Waals surface area contributed by atoms with E-state index in [1.807, 2.05) is 6.92 Å². The molecule has 0 aromatic rings. The first-order chi connectivity index (χ1) is 5.60. The summed E-state index contributed by atoms with van der Waals surface area (Å²) in [7, 11) is 0. The highest BCUT2D eigenvalue weighted by Gasteiger charge is 2.27. The molecule has 0 aliphatic heterocycles. The fraction of sp³-hybridized carbons (Fsp3) is 0.857. The second kappa shape index (κ2) is 5.85. The van der Waals surface area contributed by atoms with Gasteiger partial charge in [-0.15, -0.1) is 11.6 Å². The molecule has 1 amide bonds. The molecule has 2 N–H and O–H groups in total. The fourth-order valence-electron chi connectivity index (χ4n) is 0.628. The molecule has 12 heavy (non-hydrogen) atoms. The number of carbonyl (C=O) groups is 1. The molecule has 3 nitrogen and oxygen atoms in total. The molecule has 1 atom stereocenters. The standard InChI is InChI=1S/C7H13ClINO2/c1-2-7(3-8,4-9)5-12-6(10)11/h2-5H2,1H3,(H2,10,11). The number of ether oxygens (including phenoxy) is 1. The van der Waals surface area contributed by atoms with Crippen LogP contribution in [0.2, 0.25) is 0 Å². The van der Waals surface area contributed by atoms with Crippen molar-refractivity contribution in [2.75, 3.05) is 16.9 Å². The number of hydrogen-bond donors (Lipinski definition) is 1. The number of nitrogens with two attached hydrogens (primary N) is 1. The van der Waals surface area contributed by atoms with E-state index in [-0.39, 0.29) is 5.41 Å². The van der Waals surface area contributed by atoms with Crippen molar-refractivity contribution in [1.29, 1.82) is 0 Å². The minimum atomic E-state index is -0.734. The number of primary amides is 1. The maximum Gasteiger partial charge on any atom is 0.404 e. The van der Waals surface area contributed by atoms with Crippen LogP contribution in [0.4, 0.5) is 4.79 Å². The van der Waals surface area contributed by atoms with Crippen LogP contribution in [0.3, 0.4) is 0 Å². The highest BCUT2D eigenvalue weighted by atomic mass is 127. The first-order valence-electron chi connectivity index (χ1n) is 3.64. The van der Waals surface area contributed by atoms with Crippen molar-refractivity contribution in [2.45, 2.75) is 13.3 Å². The Labute approximate surface area is 91.1 Å². The van der Waals surface area contributed by atoms with E-state index in [9.17, 15) is 4.79 Å². The summed E-state index contributed by atoms with van der Waals surface area (Å²) < 4.78 is 5.59. The van der Waals surface area contributed by atoms with E-state index < -0.39 is 6.09 Å². The summed E-state index contributed by atoms with van der Waals surface area (Å²) in [5.74, 6) is 0.486. The Kier molecular flexibility index (Phi) is 6.00. The lowest BCUT2D eigenvalue weighted by Gasteiger charge is -2.26. The minimum Gasteiger partial charge on any atom is -0.449 e. The van der Waals surface area contributed by atoms with Crippen molar-refractivity contribution >= 4 is 40.3 Å². The van der Waals surface area contributed by atoms with Crippen LogP contribution in [0.15, 0.2) is 0 Å². The molecule has 0 saturated carbocycles. The predicted octanol–water partition coefficient (Wildman–Crippen LogP) is 2.15. The predicted molar refractivity (Wildman–Crippen MR) is 57.9 cm³/mol. The van der Waals surface area contributed by atoms with Crippen LogP contribution in [0.1, 0.15) is 13.3 Å². The lowest BCUT2D eigenvalue weighted by Crippen LogP contribution is -2.32. The van der Waals surface area contributed by atoms with Crippen LogP contribution in [0.25, 0.3) is 0 Å². The van der Waals surface area contributed by atoms with E-state index >= 15 is 0 Å². The molecular weight excluding hydrogens is 292 g/mol. The van der Waals surface area contributed by atoms with Crippen LogP contribution in [-0.2, 0) is 4.74 Å². The normalized spacial score (nSPS) is 15.2. The zero-order valence-corrected chi connectivity index (χ0v) is 9.89. The molecule has 0 aromatic carbocycles. The zero-order valence-electron chi connectivity index (χ0n) is 6.98. The van der Waals surface area contributed by atoms with Gasteiger partial charge in [0.15, 0.2) is 0 Å². The van der Waals surface area contributed by atoms with Gasteiger partial charge in [-0.25, -0.2) is 4.79 Å². The zero-order chi connectivity index (χ0) is 9.61. The average molecular weight is 306 g/mol. The minimum absolute atomic E-state index is 0.114. The van der Waals surface area contributed by atoms with Crippen molar-refractivity contribution in [3.05, 3.63) is 0 Å². The monoisotopic (exact) mass is 305 g/mol. The third-order valence-electron chi connectivity index (χ3n) is 1.84. The molecule has 0 heterocycles. The maximum atomic E-state index is 10.3. The van der Waals surface area contributed by atoms with E-state index in [2.05, 4.69) is 22.6 Å². The number of halogens is 2. The third kappa shape index (κ3) is 3.80. The lowest BCUT2D eigenvalue weighted by atomic mass is 9.91. The molecule has 5 heteroatoms. The number of carbonyl (C=O) groups excluding carboxylic acids is 1. The number of hydrogen-bond acceptors (Lipinski definition) is 2. The van der Waals surface area contributed by atoms with Crippen molar-refractivity contribution in [3.63, 3.8) is 0 Å². The van der Waals surface area contributed by atoms with Gasteiger partial charge in [0, 0.05) is 15.7 Å². The van der Waals surface area contributed by atoms with Crippen LogP contribution in [-0.4, -0.2) is 23.0 Å². The quantitative estimate of drug-likeness (QED) is 0.625. The summed E-state index contributed by atoms with van der Waals surface area (Å²) in [5, 5.41) is 0. The molecule has 72 valence electrons. The molecular formula is C7H13ClINO2.